The summed E-state index contributed by atoms with van der Waals surface area (Å²) in [6.07, 6.45) is 2.55. The highest BCUT2D eigenvalue weighted by Crippen LogP contribution is 2.33. The maximum Gasteiger partial charge on any atom is 0.146 e. The molecule has 1 aliphatic rings. The van der Waals surface area contributed by atoms with E-state index in [-0.39, 0.29) is 0 Å². The quantitative estimate of drug-likeness (QED) is 0.558. The van der Waals surface area contributed by atoms with E-state index in [1.54, 1.807) is 11.8 Å². The van der Waals surface area contributed by atoms with Crippen molar-refractivity contribution >= 4 is 23.4 Å². The Kier molecular flexibility index (Phi) is 1.54. The van der Waals surface area contributed by atoms with E-state index in [0.29, 0.717) is 5.15 Å². The zero-order chi connectivity index (χ0) is 6.97. The van der Waals surface area contributed by atoms with Gasteiger partial charge in [0.1, 0.15) is 11.5 Å². The standard InChI is InChI=1S/C6H5ClN2S/c7-6-5-4(1-2-10-5)8-3-9-6/h3H,1-2H2. The van der Waals surface area contributed by atoms with Crippen molar-refractivity contribution in [2.45, 2.75) is 11.3 Å². The van der Waals surface area contributed by atoms with Gasteiger partial charge >= 0.3 is 0 Å². The third-order valence-corrected chi connectivity index (χ3v) is 2.94. The first-order valence-electron chi connectivity index (χ1n) is 3.00. The highest BCUT2D eigenvalue weighted by molar-refractivity contribution is 7.99. The minimum atomic E-state index is 0.604. The molecule has 1 aromatic rings. The minimum absolute atomic E-state index is 0.604. The Morgan fingerprint density at radius 3 is 3.20 bits per heavy atom. The SMILES string of the molecule is Clc1ncnc2c1SCC2. The van der Waals surface area contributed by atoms with Crippen LogP contribution in [0.25, 0.3) is 0 Å². The molecule has 2 rings (SSSR count). The number of hydrogen-bond donors (Lipinski definition) is 0. The topological polar surface area (TPSA) is 25.8 Å². The van der Waals surface area contributed by atoms with Gasteiger partial charge in [-0.15, -0.1) is 11.8 Å². The lowest BCUT2D eigenvalue weighted by atomic mass is 10.3. The molecule has 0 N–H and O–H groups in total. The molecule has 10 heavy (non-hydrogen) atoms. The Labute approximate surface area is 68.0 Å². The first kappa shape index (κ1) is 6.43. The van der Waals surface area contributed by atoms with Crippen LogP contribution in [0.5, 0.6) is 0 Å². The van der Waals surface area contributed by atoms with Crippen LogP contribution in [0, 0.1) is 0 Å². The first-order chi connectivity index (χ1) is 4.88. The third-order valence-electron chi connectivity index (χ3n) is 1.42. The van der Waals surface area contributed by atoms with Gasteiger partial charge in [-0.3, -0.25) is 0 Å². The summed E-state index contributed by atoms with van der Waals surface area (Å²) in [5.41, 5.74) is 1.10. The normalized spacial score (nSPS) is 15.3. The van der Waals surface area contributed by atoms with Gasteiger partial charge in [0.15, 0.2) is 0 Å². The summed E-state index contributed by atoms with van der Waals surface area (Å²) in [4.78, 5) is 9.06. The van der Waals surface area contributed by atoms with E-state index in [2.05, 4.69) is 9.97 Å². The van der Waals surface area contributed by atoms with Gasteiger partial charge < -0.3 is 0 Å². The van der Waals surface area contributed by atoms with Crippen molar-refractivity contribution in [1.29, 1.82) is 0 Å². The Balaban J connectivity index is 2.59. The smallest absolute Gasteiger partial charge is 0.146 e. The molecule has 52 valence electrons. The van der Waals surface area contributed by atoms with Crippen LogP contribution < -0.4 is 0 Å². The lowest BCUT2D eigenvalue weighted by Gasteiger charge is -1.95. The zero-order valence-corrected chi connectivity index (χ0v) is 6.74. The second-order valence-electron chi connectivity index (χ2n) is 2.04. The third kappa shape index (κ3) is 0.896. The molecule has 0 amide bonds. The van der Waals surface area contributed by atoms with Crippen molar-refractivity contribution in [1.82, 2.24) is 9.97 Å². The number of fused-ring (bicyclic) bond motifs is 1. The van der Waals surface area contributed by atoms with Crippen LogP contribution in [0.1, 0.15) is 5.69 Å². The molecule has 0 atom stereocenters. The highest BCUT2D eigenvalue weighted by Gasteiger charge is 2.15. The maximum absolute atomic E-state index is 5.80. The first-order valence-corrected chi connectivity index (χ1v) is 4.36. The molecule has 1 aromatic heterocycles. The Bertz CT molecular complexity index is 264. The van der Waals surface area contributed by atoms with E-state index in [4.69, 9.17) is 11.6 Å². The zero-order valence-electron chi connectivity index (χ0n) is 5.17. The lowest BCUT2D eigenvalue weighted by molar-refractivity contribution is 0.975. The van der Waals surface area contributed by atoms with Crippen LogP contribution in [-0.4, -0.2) is 15.7 Å². The van der Waals surface area contributed by atoms with E-state index in [1.807, 2.05) is 0 Å². The summed E-state index contributed by atoms with van der Waals surface area (Å²) < 4.78 is 0. The van der Waals surface area contributed by atoms with Gasteiger partial charge in [0.25, 0.3) is 0 Å². The summed E-state index contributed by atoms with van der Waals surface area (Å²) in [6, 6.07) is 0. The lowest BCUT2D eigenvalue weighted by Crippen LogP contribution is -1.88. The molecule has 0 fully saturated rings. The fourth-order valence-corrected chi connectivity index (χ4v) is 2.27. The summed E-state index contributed by atoms with van der Waals surface area (Å²) in [7, 11) is 0. The van der Waals surface area contributed by atoms with Crippen LogP contribution >= 0.6 is 23.4 Å². The van der Waals surface area contributed by atoms with Gasteiger partial charge in [-0.1, -0.05) is 11.6 Å². The summed E-state index contributed by atoms with van der Waals surface area (Å²) in [6.45, 7) is 0. The van der Waals surface area contributed by atoms with Gasteiger partial charge in [-0.05, 0) is 0 Å². The Morgan fingerprint density at radius 2 is 2.40 bits per heavy atom. The number of hydrogen-bond acceptors (Lipinski definition) is 3. The fraction of sp³-hybridized carbons (Fsp3) is 0.333. The van der Waals surface area contributed by atoms with Crippen molar-refractivity contribution in [2.24, 2.45) is 0 Å². The van der Waals surface area contributed by atoms with Crippen LogP contribution in [0.2, 0.25) is 5.15 Å². The molecular weight excluding hydrogens is 168 g/mol. The van der Waals surface area contributed by atoms with Crippen LogP contribution in [0.15, 0.2) is 11.2 Å². The van der Waals surface area contributed by atoms with Gasteiger partial charge in [0, 0.05) is 12.2 Å². The van der Waals surface area contributed by atoms with Crippen molar-refractivity contribution < 1.29 is 0 Å². The molecule has 2 nitrogen and oxygen atoms in total. The van der Waals surface area contributed by atoms with E-state index in [9.17, 15) is 0 Å². The van der Waals surface area contributed by atoms with Crippen LogP contribution in [0.3, 0.4) is 0 Å². The summed E-state index contributed by atoms with van der Waals surface area (Å²) in [5.74, 6) is 1.09. The number of rotatable bonds is 0. The monoisotopic (exact) mass is 172 g/mol. The van der Waals surface area contributed by atoms with Gasteiger partial charge in [0.05, 0.1) is 10.6 Å². The predicted molar refractivity (Wildman–Crippen MR) is 41.5 cm³/mol. The van der Waals surface area contributed by atoms with Crippen molar-refractivity contribution in [3.05, 3.63) is 17.2 Å². The van der Waals surface area contributed by atoms with Gasteiger partial charge in [-0.2, -0.15) is 0 Å². The number of nitrogens with zero attached hydrogens (tertiary/aromatic N) is 2. The van der Waals surface area contributed by atoms with Crippen LogP contribution in [0.4, 0.5) is 0 Å². The molecule has 0 radical (unpaired) electrons. The molecule has 0 saturated carbocycles. The highest BCUT2D eigenvalue weighted by atomic mass is 35.5. The molecule has 0 aromatic carbocycles. The van der Waals surface area contributed by atoms with E-state index < -0.39 is 0 Å². The van der Waals surface area contributed by atoms with E-state index >= 15 is 0 Å². The van der Waals surface area contributed by atoms with Crippen molar-refractivity contribution in [2.75, 3.05) is 5.75 Å². The number of aryl methyl sites for hydroxylation is 1. The molecule has 0 spiro atoms. The molecule has 2 heterocycles. The summed E-state index contributed by atoms with van der Waals surface area (Å²) >= 11 is 7.54. The average molecular weight is 173 g/mol. The molecule has 1 aliphatic heterocycles. The van der Waals surface area contributed by atoms with Crippen LogP contribution in [-0.2, 0) is 6.42 Å². The Morgan fingerprint density at radius 1 is 1.50 bits per heavy atom. The average Bonchev–Trinajstić information content (AvgIpc) is 2.36. The second-order valence-corrected chi connectivity index (χ2v) is 3.50. The maximum atomic E-state index is 5.80. The molecule has 0 aliphatic carbocycles. The van der Waals surface area contributed by atoms with Crippen molar-refractivity contribution in [3.63, 3.8) is 0 Å². The molecule has 0 saturated heterocycles. The number of aromatic nitrogens is 2. The predicted octanol–water partition coefficient (Wildman–Crippen LogP) is 1.78. The molecule has 4 heteroatoms. The second kappa shape index (κ2) is 2.40. The Hall–Kier alpha value is -0.280. The fourth-order valence-electron chi connectivity index (χ4n) is 0.956. The molecule has 0 unspecified atom stereocenters. The number of halogens is 1. The van der Waals surface area contributed by atoms with Gasteiger partial charge in [-0.25, -0.2) is 9.97 Å². The van der Waals surface area contributed by atoms with E-state index in [1.165, 1.54) is 6.33 Å². The molecular formula is C6H5ClN2S. The van der Waals surface area contributed by atoms with Crippen molar-refractivity contribution in [3.8, 4) is 0 Å². The number of thioether (sulfide) groups is 1. The minimum Gasteiger partial charge on any atom is -0.240 e. The van der Waals surface area contributed by atoms with Gasteiger partial charge in [0.2, 0.25) is 0 Å². The molecule has 0 bridgehead atoms. The largest absolute Gasteiger partial charge is 0.240 e. The van der Waals surface area contributed by atoms with E-state index in [0.717, 1.165) is 22.8 Å². The summed E-state index contributed by atoms with van der Waals surface area (Å²) in [5, 5.41) is 0.604.